The highest BCUT2D eigenvalue weighted by atomic mass is 19.1. The van der Waals surface area contributed by atoms with Crippen LogP contribution in [-0.4, -0.2) is 51.8 Å². The van der Waals surface area contributed by atoms with Crippen molar-refractivity contribution in [1.29, 1.82) is 0 Å². The first kappa shape index (κ1) is 21.1. The molecule has 0 unspecified atom stereocenters. The third-order valence-electron chi connectivity index (χ3n) is 7.17. The van der Waals surface area contributed by atoms with Gasteiger partial charge in [-0.25, -0.2) is 13.8 Å². The van der Waals surface area contributed by atoms with Crippen LogP contribution in [0.1, 0.15) is 46.9 Å². The molecule has 0 spiro atoms. The van der Waals surface area contributed by atoms with Crippen LogP contribution < -0.4 is 9.64 Å². The summed E-state index contributed by atoms with van der Waals surface area (Å²) in [5, 5.41) is 4.74. The van der Waals surface area contributed by atoms with Crippen molar-refractivity contribution in [2.24, 2.45) is 7.05 Å². The zero-order valence-electron chi connectivity index (χ0n) is 19.1. The summed E-state index contributed by atoms with van der Waals surface area (Å²) in [4.78, 5) is 22.2. The van der Waals surface area contributed by atoms with Gasteiger partial charge in [0.15, 0.2) is 11.6 Å². The molecule has 5 heterocycles. The van der Waals surface area contributed by atoms with Crippen molar-refractivity contribution in [2.75, 3.05) is 25.1 Å². The van der Waals surface area contributed by atoms with E-state index in [4.69, 9.17) is 9.84 Å². The molecular weight excluding hydrogens is 440 g/mol. The van der Waals surface area contributed by atoms with Crippen LogP contribution in [0.15, 0.2) is 30.5 Å². The number of carbonyl (C=O) groups is 1. The molecule has 0 N–H and O–H groups in total. The van der Waals surface area contributed by atoms with Gasteiger partial charge in [-0.1, -0.05) is 0 Å². The summed E-state index contributed by atoms with van der Waals surface area (Å²) in [5.74, 6) is 0.0314. The third-order valence-corrected chi connectivity index (χ3v) is 7.17. The summed E-state index contributed by atoms with van der Waals surface area (Å²) in [6.07, 6.45) is 4.87. The van der Waals surface area contributed by atoms with E-state index < -0.39 is 11.6 Å². The molecule has 3 aliphatic heterocycles. The quantitative estimate of drug-likeness (QED) is 0.575. The zero-order valence-corrected chi connectivity index (χ0v) is 19.1. The first-order valence-corrected chi connectivity index (χ1v) is 11.6. The number of halogens is 2. The van der Waals surface area contributed by atoms with Crippen LogP contribution in [0, 0.1) is 11.6 Å². The first-order valence-electron chi connectivity index (χ1n) is 11.6. The van der Waals surface area contributed by atoms with Crippen LogP contribution in [0.3, 0.4) is 0 Å². The minimum atomic E-state index is -0.620. The van der Waals surface area contributed by atoms with Crippen molar-refractivity contribution >= 4 is 11.7 Å². The Morgan fingerprint density at radius 1 is 1.12 bits per heavy atom. The monoisotopic (exact) mass is 465 g/mol. The second-order valence-corrected chi connectivity index (χ2v) is 9.33. The second-order valence-electron chi connectivity index (χ2n) is 9.33. The second kappa shape index (κ2) is 7.78. The summed E-state index contributed by atoms with van der Waals surface area (Å²) >= 11 is 0. The highest BCUT2D eigenvalue weighted by molar-refractivity contribution is 5.95. The molecule has 2 bridgehead atoms. The van der Waals surface area contributed by atoms with Crippen LogP contribution in [-0.2, 0) is 13.5 Å². The van der Waals surface area contributed by atoms with Gasteiger partial charge < -0.3 is 14.5 Å². The average molecular weight is 466 g/mol. The maximum absolute atomic E-state index is 14.0. The lowest BCUT2D eigenvalue weighted by Gasteiger charge is -2.45. The van der Waals surface area contributed by atoms with Crippen molar-refractivity contribution in [3.05, 3.63) is 58.9 Å². The van der Waals surface area contributed by atoms with E-state index in [0.29, 0.717) is 35.6 Å². The molecule has 1 fully saturated rings. The Morgan fingerprint density at radius 3 is 2.71 bits per heavy atom. The summed E-state index contributed by atoms with van der Waals surface area (Å²) in [7, 11) is 3.74. The largest absolute Gasteiger partial charge is 0.488 e. The number of rotatable bonds is 2. The third kappa shape index (κ3) is 3.25. The van der Waals surface area contributed by atoms with Gasteiger partial charge in [-0.2, -0.15) is 5.10 Å². The van der Waals surface area contributed by atoms with E-state index >= 15 is 0 Å². The number of benzene rings is 1. The number of ether oxygens (including phenoxy) is 1. The fourth-order valence-electron chi connectivity index (χ4n) is 5.70. The Balaban J connectivity index is 1.39. The first-order chi connectivity index (χ1) is 16.4. The molecule has 34 heavy (non-hydrogen) atoms. The number of carbonyl (C=O) groups excluding carboxylic acids is 1. The molecule has 6 rings (SSSR count). The number of amides is 1. The molecule has 2 atom stereocenters. The van der Waals surface area contributed by atoms with Crippen molar-refractivity contribution in [2.45, 2.75) is 37.8 Å². The van der Waals surface area contributed by atoms with Crippen LogP contribution in [0.2, 0.25) is 0 Å². The van der Waals surface area contributed by atoms with Gasteiger partial charge in [0.1, 0.15) is 18.2 Å². The summed E-state index contributed by atoms with van der Waals surface area (Å²) < 4.78 is 35.4. The van der Waals surface area contributed by atoms with Crippen LogP contribution in [0.25, 0.3) is 11.3 Å². The lowest BCUT2D eigenvalue weighted by Crippen LogP contribution is -2.50. The Kier molecular flexibility index (Phi) is 4.82. The fourth-order valence-corrected chi connectivity index (χ4v) is 5.70. The van der Waals surface area contributed by atoms with Gasteiger partial charge in [-0.05, 0) is 43.9 Å². The number of nitrogens with zero attached hydrogens (tertiary/aromatic N) is 5. The molecule has 0 radical (unpaired) electrons. The molecule has 1 saturated heterocycles. The predicted octanol–water partition coefficient (Wildman–Crippen LogP) is 3.88. The highest BCUT2D eigenvalue weighted by Gasteiger charge is 2.43. The lowest BCUT2D eigenvalue weighted by atomic mass is 9.81. The molecule has 9 heteroatoms. The van der Waals surface area contributed by atoms with Gasteiger partial charge in [0.05, 0.1) is 29.5 Å². The maximum atomic E-state index is 14.0. The van der Waals surface area contributed by atoms with Gasteiger partial charge in [-0.15, -0.1) is 0 Å². The minimum Gasteiger partial charge on any atom is -0.488 e. The van der Waals surface area contributed by atoms with Gasteiger partial charge in [-0.3, -0.25) is 9.48 Å². The Morgan fingerprint density at radius 2 is 1.91 bits per heavy atom. The summed E-state index contributed by atoms with van der Waals surface area (Å²) in [6, 6.07) is 5.13. The van der Waals surface area contributed by atoms with Crippen LogP contribution in [0.5, 0.6) is 5.75 Å². The summed E-state index contributed by atoms with van der Waals surface area (Å²) in [5.41, 5.74) is 3.46. The molecule has 0 aliphatic carbocycles. The van der Waals surface area contributed by atoms with Gasteiger partial charge in [0.25, 0.3) is 5.91 Å². The van der Waals surface area contributed by atoms with Gasteiger partial charge >= 0.3 is 0 Å². The predicted molar refractivity (Wildman–Crippen MR) is 122 cm³/mol. The van der Waals surface area contributed by atoms with E-state index in [1.54, 1.807) is 24.0 Å². The smallest absolute Gasteiger partial charge is 0.256 e. The van der Waals surface area contributed by atoms with Crippen molar-refractivity contribution in [3.8, 4) is 17.0 Å². The van der Waals surface area contributed by atoms with Crippen molar-refractivity contribution in [3.63, 3.8) is 0 Å². The number of likely N-dealkylation sites (N-methyl/N-ethyl adjacent to an activating group) is 1. The van der Waals surface area contributed by atoms with Crippen LogP contribution in [0.4, 0.5) is 14.6 Å². The number of hydrogen-bond donors (Lipinski definition) is 0. The number of aryl methyl sites for hydroxylation is 1. The van der Waals surface area contributed by atoms with E-state index in [9.17, 15) is 13.6 Å². The number of fused-ring (bicyclic) bond motifs is 5. The number of hydrogen-bond acceptors (Lipinski definition) is 5. The van der Waals surface area contributed by atoms with E-state index in [0.717, 1.165) is 48.9 Å². The van der Waals surface area contributed by atoms with E-state index in [-0.39, 0.29) is 18.0 Å². The molecule has 7 nitrogen and oxygen atoms in total. The number of pyridine rings is 1. The molecule has 176 valence electrons. The van der Waals surface area contributed by atoms with Gasteiger partial charge in [0, 0.05) is 43.5 Å². The minimum absolute atomic E-state index is 0.0141. The van der Waals surface area contributed by atoms with E-state index in [1.165, 1.54) is 12.1 Å². The molecule has 2 aromatic heterocycles. The lowest BCUT2D eigenvalue weighted by molar-refractivity contribution is 0.0391. The fraction of sp³-hybridized carbons (Fsp3) is 0.400. The Labute approximate surface area is 195 Å². The van der Waals surface area contributed by atoms with Crippen molar-refractivity contribution < 1.29 is 18.3 Å². The highest BCUT2D eigenvalue weighted by Crippen LogP contribution is 2.45. The van der Waals surface area contributed by atoms with E-state index in [1.807, 2.05) is 16.8 Å². The number of anilines is 1. The summed E-state index contributed by atoms with van der Waals surface area (Å²) in [6.45, 7) is 1.31. The SMILES string of the molecule is CN1CCOc2cc(C(=O)N3[C@H]4CCC[C@@H]3c3nn(C)c(-c5cc(F)cc(F)c5)c3C4)cnc21. The Hall–Kier alpha value is -3.49. The Bertz CT molecular complexity index is 1290. The topological polar surface area (TPSA) is 63.5 Å². The van der Waals surface area contributed by atoms with Gasteiger partial charge in [0.2, 0.25) is 0 Å². The maximum Gasteiger partial charge on any atom is 0.256 e. The average Bonchev–Trinajstić information content (AvgIpc) is 3.13. The van der Waals surface area contributed by atoms with Crippen molar-refractivity contribution in [1.82, 2.24) is 19.7 Å². The molecule has 1 aromatic carbocycles. The van der Waals surface area contributed by atoms with Crippen LogP contribution >= 0.6 is 0 Å². The van der Waals surface area contributed by atoms with E-state index in [2.05, 4.69) is 4.98 Å². The zero-order chi connectivity index (χ0) is 23.6. The molecule has 1 amide bonds. The standard InChI is InChI=1S/C25H25F2N5O2/c1-30-6-7-34-21-10-15(13-28-24(21)30)25(33)32-18-4-3-5-20(32)22-19(12-18)23(31(2)29-22)14-8-16(26)11-17(27)9-14/h8-11,13,18,20H,3-7,12H2,1-2H3/t18-,20+/m0/s1. The molecule has 0 saturated carbocycles. The molecule has 3 aliphatic rings. The number of piperidine rings is 1. The molecule has 3 aromatic rings. The number of aromatic nitrogens is 3. The molecular formula is C25H25F2N5O2. The normalized spacial score (nSPS) is 21.1.